The SMILES string of the molecule is CCCNC(Cc1cnn(CC)c1)C1CCCOC1. The highest BCUT2D eigenvalue weighted by molar-refractivity contribution is 5.07. The molecule has 2 heterocycles. The average Bonchev–Trinajstić information content (AvgIpc) is 2.92. The Morgan fingerprint density at radius 1 is 1.53 bits per heavy atom. The molecule has 0 saturated carbocycles. The molecule has 1 saturated heterocycles. The maximum Gasteiger partial charge on any atom is 0.0522 e. The van der Waals surface area contributed by atoms with E-state index in [-0.39, 0.29) is 0 Å². The predicted molar refractivity (Wildman–Crippen MR) is 77.2 cm³/mol. The number of nitrogens with one attached hydrogen (secondary N) is 1. The Morgan fingerprint density at radius 2 is 2.42 bits per heavy atom. The van der Waals surface area contributed by atoms with Crippen LogP contribution >= 0.6 is 0 Å². The third-order valence-electron chi connectivity index (χ3n) is 3.89. The topological polar surface area (TPSA) is 39.1 Å². The van der Waals surface area contributed by atoms with Crippen LogP contribution in [-0.4, -0.2) is 35.6 Å². The van der Waals surface area contributed by atoms with Crippen molar-refractivity contribution in [3.63, 3.8) is 0 Å². The van der Waals surface area contributed by atoms with E-state index in [1.807, 2.05) is 10.9 Å². The Morgan fingerprint density at radius 3 is 3.05 bits per heavy atom. The molecule has 0 radical (unpaired) electrons. The van der Waals surface area contributed by atoms with Crippen LogP contribution in [0.15, 0.2) is 12.4 Å². The molecule has 0 bridgehead atoms. The van der Waals surface area contributed by atoms with Crippen LogP contribution in [0, 0.1) is 5.92 Å². The van der Waals surface area contributed by atoms with Gasteiger partial charge in [0.05, 0.1) is 12.8 Å². The molecule has 2 unspecified atom stereocenters. The molecule has 1 N–H and O–H groups in total. The zero-order chi connectivity index (χ0) is 13.5. The van der Waals surface area contributed by atoms with Crippen molar-refractivity contribution in [3.8, 4) is 0 Å². The largest absolute Gasteiger partial charge is 0.381 e. The van der Waals surface area contributed by atoms with E-state index in [4.69, 9.17) is 4.74 Å². The van der Waals surface area contributed by atoms with Crippen molar-refractivity contribution in [2.45, 2.75) is 52.1 Å². The maximum atomic E-state index is 5.65. The molecule has 1 aliphatic rings. The summed E-state index contributed by atoms with van der Waals surface area (Å²) >= 11 is 0. The fraction of sp³-hybridized carbons (Fsp3) is 0.800. The molecule has 108 valence electrons. The molecule has 0 spiro atoms. The number of rotatable bonds is 7. The molecule has 19 heavy (non-hydrogen) atoms. The van der Waals surface area contributed by atoms with E-state index in [0.29, 0.717) is 12.0 Å². The average molecular weight is 265 g/mol. The second-order valence-electron chi connectivity index (χ2n) is 5.45. The third-order valence-corrected chi connectivity index (χ3v) is 3.89. The zero-order valence-corrected chi connectivity index (χ0v) is 12.3. The summed E-state index contributed by atoms with van der Waals surface area (Å²) in [6.07, 6.45) is 8.90. The first-order valence-electron chi connectivity index (χ1n) is 7.66. The molecule has 1 aromatic rings. The number of aromatic nitrogens is 2. The van der Waals surface area contributed by atoms with E-state index in [1.54, 1.807) is 0 Å². The molecule has 0 amide bonds. The lowest BCUT2D eigenvalue weighted by Gasteiger charge is -2.31. The summed E-state index contributed by atoms with van der Waals surface area (Å²) in [6, 6.07) is 0.523. The predicted octanol–water partition coefficient (Wildman–Crippen LogP) is 2.24. The standard InChI is InChI=1S/C15H27N3O/c1-3-7-16-15(14-6-5-8-19-12-14)9-13-10-17-18(4-2)11-13/h10-11,14-16H,3-9,12H2,1-2H3. The Kier molecular flexibility index (Phi) is 5.86. The minimum Gasteiger partial charge on any atom is -0.381 e. The molecule has 2 atom stereocenters. The number of ether oxygens (including phenoxy) is 1. The monoisotopic (exact) mass is 265 g/mol. The van der Waals surface area contributed by atoms with Gasteiger partial charge in [0.25, 0.3) is 0 Å². The molecule has 4 nitrogen and oxygen atoms in total. The molecule has 1 aromatic heterocycles. The van der Waals surface area contributed by atoms with Crippen molar-refractivity contribution < 1.29 is 4.74 Å². The Bertz CT molecular complexity index is 358. The van der Waals surface area contributed by atoms with Gasteiger partial charge >= 0.3 is 0 Å². The van der Waals surface area contributed by atoms with Crippen LogP contribution in [-0.2, 0) is 17.7 Å². The molecule has 0 aliphatic carbocycles. The van der Waals surface area contributed by atoms with Crippen LogP contribution in [0.3, 0.4) is 0 Å². The summed E-state index contributed by atoms with van der Waals surface area (Å²) in [6.45, 7) is 8.21. The fourth-order valence-electron chi connectivity index (χ4n) is 2.76. The molecule has 0 aromatic carbocycles. The first kappa shape index (κ1) is 14.5. The highest BCUT2D eigenvalue weighted by Gasteiger charge is 2.24. The van der Waals surface area contributed by atoms with Crippen molar-refractivity contribution >= 4 is 0 Å². The van der Waals surface area contributed by atoms with Crippen molar-refractivity contribution in [2.75, 3.05) is 19.8 Å². The van der Waals surface area contributed by atoms with Gasteiger partial charge < -0.3 is 10.1 Å². The van der Waals surface area contributed by atoms with Crippen LogP contribution in [0.25, 0.3) is 0 Å². The summed E-state index contributed by atoms with van der Waals surface area (Å²) in [4.78, 5) is 0. The molecular weight excluding hydrogens is 238 g/mol. The number of hydrogen-bond acceptors (Lipinski definition) is 3. The van der Waals surface area contributed by atoms with Gasteiger partial charge in [-0.2, -0.15) is 5.10 Å². The highest BCUT2D eigenvalue weighted by Crippen LogP contribution is 2.20. The van der Waals surface area contributed by atoms with Crippen LogP contribution in [0.1, 0.15) is 38.7 Å². The Balaban J connectivity index is 1.95. The van der Waals surface area contributed by atoms with Gasteiger partial charge in [0.2, 0.25) is 0 Å². The lowest BCUT2D eigenvalue weighted by atomic mass is 9.90. The highest BCUT2D eigenvalue weighted by atomic mass is 16.5. The van der Waals surface area contributed by atoms with Gasteiger partial charge in [-0.15, -0.1) is 0 Å². The van der Waals surface area contributed by atoms with Gasteiger partial charge in [-0.1, -0.05) is 6.92 Å². The van der Waals surface area contributed by atoms with Gasteiger partial charge in [-0.25, -0.2) is 0 Å². The second-order valence-corrected chi connectivity index (χ2v) is 5.45. The van der Waals surface area contributed by atoms with Gasteiger partial charge in [0, 0.05) is 25.4 Å². The van der Waals surface area contributed by atoms with Crippen LogP contribution in [0.4, 0.5) is 0 Å². The van der Waals surface area contributed by atoms with Gasteiger partial charge in [0.1, 0.15) is 0 Å². The quantitative estimate of drug-likeness (QED) is 0.822. The summed E-state index contributed by atoms with van der Waals surface area (Å²) in [5.41, 5.74) is 1.33. The van der Waals surface area contributed by atoms with Crippen LogP contribution in [0.5, 0.6) is 0 Å². The van der Waals surface area contributed by atoms with Crippen molar-refractivity contribution in [1.82, 2.24) is 15.1 Å². The van der Waals surface area contributed by atoms with Gasteiger partial charge in [-0.05, 0) is 50.6 Å². The van der Waals surface area contributed by atoms with E-state index in [1.165, 1.54) is 24.8 Å². The summed E-state index contributed by atoms with van der Waals surface area (Å²) in [5, 5.41) is 8.07. The lowest BCUT2D eigenvalue weighted by Crippen LogP contribution is -2.42. The van der Waals surface area contributed by atoms with Crippen molar-refractivity contribution in [1.29, 1.82) is 0 Å². The minimum atomic E-state index is 0.523. The number of aryl methyl sites for hydroxylation is 1. The summed E-state index contributed by atoms with van der Waals surface area (Å²) < 4.78 is 7.65. The van der Waals surface area contributed by atoms with Crippen LogP contribution in [0.2, 0.25) is 0 Å². The third kappa shape index (κ3) is 4.32. The first-order chi connectivity index (χ1) is 9.33. The fourth-order valence-corrected chi connectivity index (χ4v) is 2.76. The Labute approximate surface area is 116 Å². The molecule has 4 heteroatoms. The summed E-state index contributed by atoms with van der Waals surface area (Å²) in [5.74, 6) is 0.644. The van der Waals surface area contributed by atoms with Crippen molar-refractivity contribution in [3.05, 3.63) is 18.0 Å². The van der Waals surface area contributed by atoms with Crippen molar-refractivity contribution in [2.24, 2.45) is 5.92 Å². The first-order valence-corrected chi connectivity index (χ1v) is 7.66. The smallest absolute Gasteiger partial charge is 0.0522 e. The van der Waals surface area contributed by atoms with E-state index < -0.39 is 0 Å². The van der Waals surface area contributed by atoms with Gasteiger partial charge in [0.15, 0.2) is 0 Å². The number of hydrogen-bond donors (Lipinski definition) is 1. The molecule has 1 fully saturated rings. The van der Waals surface area contributed by atoms with E-state index in [0.717, 1.165) is 32.7 Å². The minimum absolute atomic E-state index is 0.523. The molecular formula is C15H27N3O. The Hall–Kier alpha value is -0.870. The number of nitrogens with zero attached hydrogens (tertiary/aromatic N) is 2. The lowest BCUT2D eigenvalue weighted by molar-refractivity contribution is 0.0393. The normalized spacial score (nSPS) is 21.5. The van der Waals surface area contributed by atoms with Gasteiger partial charge in [-0.3, -0.25) is 4.68 Å². The maximum absolute atomic E-state index is 5.65. The van der Waals surface area contributed by atoms with E-state index >= 15 is 0 Å². The molecule has 2 rings (SSSR count). The molecule has 1 aliphatic heterocycles. The second kappa shape index (κ2) is 7.65. The van der Waals surface area contributed by atoms with Crippen LogP contribution < -0.4 is 5.32 Å². The van der Waals surface area contributed by atoms with E-state index in [9.17, 15) is 0 Å². The zero-order valence-electron chi connectivity index (χ0n) is 12.3. The summed E-state index contributed by atoms with van der Waals surface area (Å²) in [7, 11) is 0. The van der Waals surface area contributed by atoms with E-state index in [2.05, 4.69) is 30.5 Å².